The van der Waals surface area contributed by atoms with Crippen LogP contribution in [0.1, 0.15) is 66.6 Å². The number of fused-ring (bicyclic) bond motifs is 2. The van der Waals surface area contributed by atoms with Crippen LogP contribution in [-0.4, -0.2) is 67.3 Å². The van der Waals surface area contributed by atoms with Gasteiger partial charge in [-0.3, -0.25) is 9.88 Å². The summed E-state index contributed by atoms with van der Waals surface area (Å²) < 4.78 is 7.45. The number of carbonyl (C=O) groups excluding carboxylic acids is 1. The molecule has 1 unspecified atom stereocenters. The summed E-state index contributed by atoms with van der Waals surface area (Å²) in [5, 5.41) is 11.6. The van der Waals surface area contributed by atoms with Gasteiger partial charge in [0.25, 0.3) is 0 Å². The second-order valence-electron chi connectivity index (χ2n) is 10.9. The van der Waals surface area contributed by atoms with Gasteiger partial charge < -0.3 is 19.3 Å². The van der Waals surface area contributed by atoms with Gasteiger partial charge in [0.15, 0.2) is 0 Å². The average molecular weight is 502 g/mol. The minimum Gasteiger partial charge on any atom is -0.444 e. The number of ether oxygens (including phenoxy) is 1. The van der Waals surface area contributed by atoms with E-state index < -0.39 is 11.7 Å². The van der Waals surface area contributed by atoms with Gasteiger partial charge >= 0.3 is 6.09 Å². The van der Waals surface area contributed by atoms with E-state index in [0.29, 0.717) is 26.2 Å². The highest BCUT2D eigenvalue weighted by molar-refractivity contribution is 5.88. The van der Waals surface area contributed by atoms with Gasteiger partial charge in [-0.25, -0.2) is 9.78 Å². The first-order valence-electron chi connectivity index (χ1n) is 12.8. The van der Waals surface area contributed by atoms with Crippen LogP contribution in [0.15, 0.2) is 49.1 Å². The molecule has 8 heteroatoms. The average Bonchev–Trinajstić information content (AvgIpc) is 3.23. The first kappa shape index (κ1) is 25.2. The number of benzene rings is 1. The minimum absolute atomic E-state index is 0.111. The van der Waals surface area contributed by atoms with Crippen molar-refractivity contribution >= 4 is 17.7 Å². The highest BCUT2D eigenvalue weighted by Gasteiger charge is 2.35. The SMILES string of the molecule is Cc1ccc2c(c1)C(C(O)c1cncn1C)=Cc1cccnc1[C@H]2N1CCN(C(=O)OC(C)(C)C)CC1. The highest BCUT2D eigenvalue weighted by atomic mass is 16.6. The number of hydrogen-bond donors (Lipinski definition) is 1. The second kappa shape index (κ2) is 9.76. The molecule has 0 spiro atoms. The van der Waals surface area contributed by atoms with Gasteiger partial charge in [0.2, 0.25) is 0 Å². The fraction of sp³-hybridized carbons (Fsp3) is 0.414. The molecule has 1 aliphatic heterocycles. The van der Waals surface area contributed by atoms with Crippen LogP contribution in [0.5, 0.6) is 0 Å². The summed E-state index contributed by atoms with van der Waals surface area (Å²) in [5.41, 5.74) is 6.19. The summed E-state index contributed by atoms with van der Waals surface area (Å²) in [6, 6.07) is 10.3. The number of amides is 1. The van der Waals surface area contributed by atoms with Crippen LogP contribution in [0, 0.1) is 6.92 Å². The monoisotopic (exact) mass is 501 g/mol. The predicted octanol–water partition coefficient (Wildman–Crippen LogP) is 4.35. The second-order valence-corrected chi connectivity index (χ2v) is 10.9. The van der Waals surface area contributed by atoms with Crippen LogP contribution >= 0.6 is 0 Å². The van der Waals surface area contributed by atoms with Crippen molar-refractivity contribution in [2.75, 3.05) is 26.2 Å². The van der Waals surface area contributed by atoms with E-state index in [2.05, 4.69) is 47.1 Å². The Hall–Kier alpha value is -3.49. The summed E-state index contributed by atoms with van der Waals surface area (Å²) in [6.45, 7) is 10.3. The molecule has 2 aliphatic rings. The molecule has 0 saturated carbocycles. The van der Waals surface area contributed by atoms with Gasteiger partial charge in [0.1, 0.15) is 11.7 Å². The summed E-state index contributed by atoms with van der Waals surface area (Å²) >= 11 is 0. The number of aliphatic hydroxyl groups excluding tert-OH is 1. The molecule has 0 radical (unpaired) electrons. The lowest BCUT2D eigenvalue weighted by atomic mass is 9.89. The maximum Gasteiger partial charge on any atom is 0.410 e. The normalized spacial score (nSPS) is 18.9. The predicted molar refractivity (Wildman–Crippen MR) is 143 cm³/mol. The Balaban J connectivity index is 1.53. The number of aromatic nitrogens is 3. The third-order valence-corrected chi connectivity index (χ3v) is 7.02. The van der Waals surface area contributed by atoms with E-state index in [9.17, 15) is 9.90 Å². The van der Waals surface area contributed by atoms with Gasteiger partial charge in [-0.1, -0.05) is 29.8 Å². The number of carbonyl (C=O) groups is 1. The summed E-state index contributed by atoms with van der Waals surface area (Å²) in [6.07, 6.45) is 6.19. The van der Waals surface area contributed by atoms with Crippen LogP contribution in [0.2, 0.25) is 0 Å². The van der Waals surface area contributed by atoms with Crippen molar-refractivity contribution in [1.29, 1.82) is 0 Å². The van der Waals surface area contributed by atoms with Crippen LogP contribution in [0.3, 0.4) is 0 Å². The summed E-state index contributed by atoms with van der Waals surface area (Å²) in [5.74, 6) is 0. The zero-order chi connectivity index (χ0) is 26.3. The van der Waals surface area contributed by atoms with E-state index in [1.54, 1.807) is 17.4 Å². The topological polar surface area (TPSA) is 83.7 Å². The molecule has 1 amide bonds. The standard InChI is InChI=1S/C29H35N5O3/c1-19-8-9-21-22(15-19)23(27(35)24-17-30-18-32(24)5)16-20-7-6-10-31-25(20)26(21)33-11-13-34(14-12-33)28(36)37-29(2,3)4/h6-10,15-18,26-27,35H,11-14H2,1-5H3/t26-,27?/m0/s1. The van der Waals surface area contributed by atoms with Crippen LogP contribution in [0.4, 0.5) is 4.79 Å². The van der Waals surface area contributed by atoms with E-state index in [1.807, 2.05) is 44.6 Å². The molecular formula is C29H35N5O3. The largest absolute Gasteiger partial charge is 0.444 e. The number of piperazine rings is 1. The Morgan fingerprint density at radius 3 is 2.59 bits per heavy atom. The van der Waals surface area contributed by atoms with E-state index in [4.69, 9.17) is 9.72 Å². The van der Waals surface area contributed by atoms with Gasteiger partial charge in [-0.05, 0) is 62.1 Å². The lowest BCUT2D eigenvalue weighted by Crippen LogP contribution is -2.51. The Kier molecular flexibility index (Phi) is 6.64. The minimum atomic E-state index is -0.844. The van der Waals surface area contributed by atoms with Crippen LogP contribution in [-0.2, 0) is 11.8 Å². The van der Waals surface area contributed by atoms with Gasteiger partial charge in [0.05, 0.1) is 30.0 Å². The lowest BCUT2D eigenvalue weighted by Gasteiger charge is -2.40. The molecule has 0 bridgehead atoms. The molecule has 1 N–H and O–H groups in total. The molecule has 194 valence electrons. The van der Waals surface area contributed by atoms with Crippen molar-refractivity contribution in [2.24, 2.45) is 7.05 Å². The fourth-order valence-corrected chi connectivity index (χ4v) is 5.21. The highest BCUT2D eigenvalue weighted by Crippen LogP contribution is 2.43. The van der Waals surface area contributed by atoms with Crippen molar-refractivity contribution in [3.8, 4) is 0 Å². The molecule has 1 fully saturated rings. The third-order valence-electron chi connectivity index (χ3n) is 7.02. The Morgan fingerprint density at radius 1 is 1.16 bits per heavy atom. The molecule has 5 rings (SSSR count). The molecule has 37 heavy (non-hydrogen) atoms. The first-order valence-corrected chi connectivity index (χ1v) is 12.8. The van der Waals surface area contributed by atoms with E-state index in [-0.39, 0.29) is 12.1 Å². The van der Waals surface area contributed by atoms with E-state index in [1.165, 1.54) is 0 Å². The number of pyridine rings is 1. The zero-order valence-corrected chi connectivity index (χ0v) is 22.2. The van der Waals surface area contributed by atoms with Crippen molar-refractivity contribution in [3.05, 3.63) is 82.7 Å². The number of hydrogen-bond acceptors (Lipinski definition) is 6. The Bertz CT molecular complexity index is 1330. The molecule has 1 aliphatic carbocycles. The van der Waals surface area contributed by atoms with Crippen molar-refractivity contribution in [1.82, 2.24) is 24.3 Å². The molecule has 1 saturated heterocycles. The molecule has 3 aromatic rings. The summed E-state index contributed by atoms with van der Waals surface area (Å²) in [4.78, 5) is 25.9. The zero-order valence-electron chi connectivity index (χ0n) is 22.2. The van der Waals surface area contributed by atoms with Gasteiger partial charge in [-0.15, -0.1) is 0 Å². The van der Waals surface area contributed by atoms with Crippen molar-refractivity contribution in [2.45, 2.75) is 45.4 Å². The fourth-order valence-electron chi connectivity index (χ4n) is 5.21. The Morgan fingerprint density at radius 2 is 1.92 bits per heavy atom. The molecular weight excluding hydrogens is 466 g/mol. The van der Waals surface area contributed by atoms with Crippen LogP contribution in [0.25, 0.3) is 11.6 Å². The van der Waals surface area contributed by atoms with Gasteiger partial charge in [-0.2, -0.15) is 0 Å². The number of rotatable bonds is 3. The van der Waals surface area contributed by atoms with Crippen molar-refractivity contribution in [3.63, 3.8) is 0 Å². The number of imidazole rings is 1. The van der Waals surface area contributed by atoms with E-state index in [0.717, 1.165) is 39.2 Å². The molecule has 2 atom stereocenters. The maximum absolute atomic E-state index is 12.7. The quantitative estimate of drug-likeness (QED) is 0.574. The Labute approximate surface area is 218 Å². The van der Waals surface area contributed by atoms with E-state index >= 15 is 0 Å². The summed E-state index contributed by atoms with van der Waals surface area (Å²) in [7, 11) is 1.89. The third kappa shape index (κ3) is 5.04. The maximum atomic E-state index is 12.7. The number of nitrogens with zero attached hydrogens (tertiary/aromatic N) is 5. The van der Waals surface area contributed by atoms with Crippen molar-refractivity contribution < 1.29 is 14.6 Å². The van der Waals surface area contributed by atoms with Crippen LogP contribution < -0.4 is 0 Å². The first-order chi connectivity index (χ1) is 17.6. The molecule has 8 nitrogen and oxygen atoms in total. The number of aliphatic hydroxyl groups is 1. The number of aryl methyl sites for hydroxylation is 2. The smallest absolute Gasteiger partial charge is 0.410 e. The van der Waals surface area contributed by atoms with Gasteiger partial charge in [0, 0.05) is 39.4 Å². The molecule has 3 heterocycles. The molecule has 1 aromatic carbocycles. The lowest BCUT2D eigenvalue weighted by molar-refractivity contribution is 0.0118. The molecule has 2 aromatic heterocycles.